The molecule has 0 fully saturated rings. The quantitative estimate of drug-likeness (QED) is 0.270. The summed E-state index contributed by atoms with van der Waals surface area (Å²) < 4.78 is 27.5. The molecular formula is C27H26FN5O3S. The molecule has 3 aromatic heterocycles. The van der Waals surface area contributed by atoms with Crippen LogP contribution in [0.4, 0.5) is 10.2 Å². The Bertz CT molecular complexity index is 1560. The molecule has 0 saturated heterocycles. The standard InChI is InChI=1S/C27H26FN5O3S/c1-16-4-9-22(37-16)13-35-20-10-18(28)11-21(12-20)36-19-7-5-17(6-8-19)24-23-25(29)30-15-31-26(23)33(32-24)14-27(2,3)34/h4-12,15,34H,13-14H2,1-3H3,(H2,29,30,31). The topological polar surface area (TPSA) is 108 Å². The highest BCUT2D eigenvalue weighted by molar-refractivity contribution is 7.11. The number of ether oxygens (including phenoxy) is 2. The van der Waals surface area contributed by atoms with Gasteiger partial charge in [0, 0.05) is 33.5 Å². The van der Waals surface area contributed by atoms with E-state index in [1.807, 2.05) is 31.2 Å². The van der Waals surface area contributed by atoms with Crippen molar-refractivity contribution < 1.29 is 19.0 Å². The highest BCUT2D eigenvalue weighted by Crippen LogP contribution is 2.33. The normalized spacial score (nSPS) is 11.7. The molecule has 0 bridgehead atoms. The van der Waals surface area contributed by atoms with Gasteiger partial charge in [-0.1, -0.05) is 0 Å². The maximum absolute atomic E-state index is 14.2. The van der Waals surface area contributed by atoms with Crippen molar-refractivity contribution in [2.24, 2.45) is 0 Å². The fraction of sp³-hybridized carbons (Fsp3) is 0.222. The van der Waals surface area contributed by atoms with Crippen LogP contribution < -0.4 is 15.2 Å². The van der Waals surface area contributed by atoms with Crippen molar-refractivity contribution in [1.82, 2.24) is 19.7 Å². The van der Waals surface area contributed by atoms with Crippen LogP contribution in [0.2, 0.25) is 0 Å². The van der Waals surface area contributed by atoms with Crippen LogP contribution in [-0.2, 0) is 13.2 Å². The zero-order valence-electron chi connectivity index (χ0n) is 20.6. The van der Waals surface area contributed by atoms with Gasteiger partial charge in [-0.3, -0.25) is 0 Å². The molecule has 0 atom stereocenters. The smallest absolute Gasteiger partial charge is 0.164 e. The van der Waals surface area contributed by atoms with Gasteiger partial charge in [0.1, 0.15) is 47.5 Å². The van der Waals surface area contributed by atoms with E-state index in [1.165, 1.54) is 23.3 Å². The number of hydrogen-bond acceptors (Lipinski definition) is 8. The summed E-state index contributed by atoms with van der Waals surface area (Å²) >= 11 is 1.64. The third-order valence-electron chi connectivity index (χ3n) is 5.48. The predicted molar refractivity (Wildman–Crippen MR) is 141 cm³/mol. The van der Waals surface area contributed by atoms with Crippen molar-refractivity contribution >= 4 is 28.2 Å². The van der Waals surface area contributed by atoms with Gasteiger partial charge in [-0.05, 0) is 57.2 Å². The molecule has 0 saturated carbocycles. The van der Waals surface area contributed by atoms with Gasteiger partial charge in [0.25, 0.3) is 0 Å². The van der Waals surface area contributed by atoms with E-state index in [-0.39, 0.29) is 6.54 Å². The molecule has 0 aliphatic carbocycles. The second kappa shape index (κ2) is 9.79. The van der Waals surface area contributed by atoms with Gasteiger partial charge in [0.15, 0.2) is 5.65 Å². The first kappa shape index (κ1) is 24.7. The van der Waals surface area contributed by atoms with Crippen molar-refractivity contribution in [2.45, 2.75) is 39.5 Å². The molecule has 0 aliphatic heterocycles. The number of hydrogen-bond donors (Lipinski definition) is 2. The molecule has 0 amide bonds. The van der Waals surface area contributed by atoms with Crippen LogP contribution in [0.3, 0.4) is 0 Å². The summed E-state index contributed by atoms with van der Waals surface area (Å²) in [4.78, 5) is 10.7. The number of thiophene rings is 1. The zero-order chi connectivity index (χ0) is 26.2. The van der Waals surface area contributed by atoms with E-state index in [4.69, 9.17) is 15.2 Å². The lowest BCUT2D eigenvalue weighted by molar-refractivity contribution is 0.0590. The Morgan fingerprint density at radius 3 is 2.49 bits per heavy atom. The minimum absolute atomic E-state index is 0.233. The number of nitrogens with zero attached hydrogens (tertiary/aromatic N) is 4. The Kier molecular flexibility index (Phi) is 6.53. The van der Waals surface area contributed by atoms with Crippen molar-refractivity contribution in [2.75, 3.05) is 5.73 Å². The predicted octanol–water partition coefficient (Wildman–Crippen LogP) is 5.73. The number of rotatable bonds is 8. The lowest BCUT2D eigenvalue weighted by atomic mass is 10.1. The Morgan fingerprint density at radius 2 is 1.78 bits per heavy atom. The van der Waals surface area contributed by atoms with Crippen LogP contribution in [0.1, 0.15) is 23.6 Å². The minimum Gasteiger partial charge on any atom is -0.488 e. The van der Waals surface area contributed by atoms with Crippen LogP contribution in [-0.4, -0.2) is 30.5 Å². The van der Waals surface area contributed by atoms with Crippen LogP contribution in [0.15, 0.2) is 60.9 Å². The molecule has 190 valence electrons. The van der Waals surface area contributed by atoms with E-state index in [0.717, 1.165) is 10.4 Å². The van der Waals surface area contributed by atoms with E-state index in [0.29, 0.717) is 46.4 Å². The number of aliphatic hydroxyl groups is 1. The van der Waals surface area contributed by atoms with Gasteiger partial charge in [-0.2, -0.15) is 5.10 Å². The lowest BCUT2D eigenvalue weighted by Gasteiger charge is -2.16. The largest absolute Gasteiger partial charge is 0.488 e. The molecule has 5 aromatic rings. The molecule has 0 unspecified atom stereocenters. The number of fused-ring (bicyclic) bond motifs is 1. The SMILES string of the molecule is Cc1ccc(COc2cc(F)cc(Oc3ccc(-c4nn(CC(C)(C)O)c5ncnc(N)c45)cc3)c2)s1. The summed E-state index contributed by atoms with van der Waals surface area (Å²) in [6.45, 7) is 6.01. The van der Waals surface area contributed by atoms with Gasteiger partial charge < -0.3 is 20.3 Å². The third kappa shape index (κ3) is 5.71. The summed E-state index contributed by atoms with van der Waals surface area (Å²) in [5, 5.41) is 15.6. The zero-order valence-corrected chi connectivity index (χ0v) is 21.4. The van der Waals surface area contributed by atoms with Crippen molar-refractivity contribution in [1.29, 1.82) is 0 Å². The van der Waals surface area contributed by atoms with Crippen molar-refractivity contribution in [3.8, 4) is 28.5 Å². The van der Waals surface area contributed by atoms with Gasteiger partial charge in [0.2, 0.25) is 0 Å². The van der Waals surface area contributed by atoms with Crippen LogP contribution in [0.25, 0.3) is 22.3 Å². The number of nitrogens with two attached hydrogens (primary N) is 1. The average Bonchev–Trinajstić information content (AvgIpc) is 3.41. The Hall–Kier alpha value is -4.02. The fourth-order valence-electron chi connectivity index (χ4n) is 3.92. The molecule has 3 heterocycles. The number of aryl methyl sites for hydroxylation is 1. The second-order valence-electron chi connectivity index (χ2n) is 9.33. The number of aromatic nitrogens is 4. The maximum atomic E-state index is 14.2. The average molecular weight is 520 g/mol. The molecule has 37 heavy (non-hydrogen) atoms. The molecule has 0 spiro atoms. The summed E-state index contributed by atoms with van der Waals surface area (Å²) in [5.41, 5.74) is 7.06. The van der Waals surface area contributed by atoms with Gasteiger partial charge in [-0.15, -0.1) is 11.3 Å². The Balaban J connectivity index is 1.37. The highest BCUT2D eigenvalue weighted by Gasteiger charge is 2.21. The fourth-order valence-corrected chi connectivity index (χ4v) is 4.73. The highest BCUT2D eigenvalue weighted by atomic mass is 32.1. The van der Waals surface area contributed by atoms with Gasteiger partial charge >= 0.3 is 0 Å². The van der Waals surface area contributed by atoms with E-state index >= 15 is 0 Å². The van der Waals surface area contributed by atoms with E-state index in [1.54, 1.807) is 48.1 Å². The van der Waals surface area contributed by atoms with Crippen LogP contribution >= 0.6 is 11.3 Å². The first-order chi connectivity index (χ1) is 17.6. The third-order valence-corrected chi connectivity index (χ3v) is 6.45. The molecule has 0 aliphatic rings. The Morgan fingerprint density at radius 1 is 1.03 bits per heavy atom. The molecule has 0 radical (unpaired) electrons. The van der Waals surface area contributed by atoms with E-state index < -0.39 is 11.4 Å². The maximum Gasteiger partial charge on any atom is 0.164 e. The van der Waals surface area contributed by atoms with Crippen LogP contribution in [0.5, 0.6) is 17.2 Å². The molecular weight excluding hydrogens is 493 g/mol. The van der Waals surface area contributed by atoms with Crippen LogP contribution in [0, 0.1) is 12.7 Å². The van der Waals surface area contributed by atoms with Crippen molar-refractivity contribution in [3.63, 3.8) is 0 Å². The van der Waals surface area contributed by atoms with E-state index in [2.05, 4.69) is 15.1 Å². The number of halogens is 1. The molecule has 10 heteroatoms. The van der Waals surface area contributed by atoms with Crippen molar-refractivity contribution in [3.05, 3.63) is 76.5 Å². The molecule has 3 N–H and O–H groups in total. The number of anilines is 1. The number of benzene rings is 2. The number of nitrogen functional groups attached to an aromatic ring is 1. The lowest BCUT2D eigenvalue weighted by Crippen LogP contribution is -2.26. The van der Waals surface area contributed by atoms with Gasteiger partial charge in [0.05, 0.1) is 17.5 Å². The summed E-state index contributed by atoms with van der Waals surface area (Å²) in [6.07, 6.45) is 1.37. The summed E-state index contributed by atoms with van der Waals surface area (Å²) in [5.74, 6) is 1.07. The first-order valence-electron chi connectivity index (χ1n) is 11.6. The molecule has 5 rings (SSSR count). The van der Waals surface area contributed by atoms with Gasteiger partial charge in [-0.25, -0.2) is 19.0 Å². The minimum atomic E-state index is -0.996. The first-order valence-corrected chi connectivity index (χ1v) is 12.4. The summed E-state index contributed by atoms with van der Waals surface area (Å²) in [6, 6.07) is 15.5. The molecule has 2 aromatic carbocycles. The monoisotopic (exact) mass is 519 g/mol. The Labute approximate surface area is 217 Å². The summed E-state index contributed by atoms with van der Waals surface area (Å²) in [7, 11) is 0. The van der Waals surface area contributed by atoms with E-state index in [9.17, 15) is 9.50 Å². The second-order valence-corrected chi connectivity index (χ2v) is 10.7. The molecule has 8 nitrogen and oxygen atoms in total.